The largest absolute Gasteiger partial charge is 0.488 e. The van der Waals surface area contributed by atoms with Gasteiger partial charge in [-0.25, -0.2) is 8.78 Å². The number of benzene rings is 1. The quantitative estimate of drug-likeness (QED) is 0.385. The van der Waals surface area contributed by atoms with Crippen LogP contribution in [0.5, 0.6) is 0 Å². The molecule has 3 nitrogen and oxygen atoms in total. The van der Waals surface area contributed by atoms with E-state index in [0.717, 1.165) is 12.1 Å². The molecule has 0 fully saturated rings. The van der Waals surface area contributed by atoms with Gasteiger partial charge < -0.3 is 15.8 Å². The summed E-state index contributed by atoms with van der Waals surface area (Å²) < 4.78 is 25.2. The van der Waals surface area contributed by atoms with Crippen LogP contribution >= 0.6 is 0 Å². The Bertz CT molecular complexity index is 283. The van der Waals surface area contributed by atoms with E-state index in [1.54, 1.807) is 0 Å². The summed E-state index contributed by atoms with van der Waals surface area (Å²) in [6.07, 6.45) is 0. The summed E-state index contributed by atoms with van der Waals surface area (Å²) in [6.45, 7) is 0. The molecule has 0 amide bonds. The number of anilines is 1. The fraction of sp³-hybridized carbons (Fsp3) is 0. The number of nitrogens with two attached hydrogens (primary N) is 1. The van der Waals surface area contributed by atoms with E-state index in [2.05, 4.69) is 0 Å². The van der Waals surface area contributed by atoms with Crippen LogP contribution in [-0.4, -0.2) is 17.2 Å². The zero-order chi connectivity index (χ0) is 9.30. The Morgan fingerprint density at radius 1 is 1.17 bits per heavy atom. The molecule has 0 saturated carbocycles. The molecule has 1 aromatic rings. The highest BCUT2D eigenvalue weighted by Gasteiger charge is 2.15. The lowest BCUT2D eigenvalue weighted by Crippen LogP contribution is -2.30. The minimum Gasteiger partial charge on any atom is -0.423 e. The zero-order valence-corrected chi connectivity index (χ0v) is 5.96. The van der Waals surface area contributed by atoms with Crippen LogP contribution in [-0.2, 0) is 0 Å². The SMILES string of the molecule is Nc1c(F)cc(B(O)O)cc1F. The third-order valence-corrected chi connectivity index (χ3v) is 1.40. The number of halogens is 2. The van der Waals surface area contributed by atoms with Gasteiger partial charge in [-0.1, -0.05) is 0 Å². The van der Waals surface area contributed by atoms with Gasteiger partial charge in [-0.15, -0.1) is 0 Å². The molecule has 0 bridgehead atoms. The minimum absolute atomic E-state index is 0.265. The van der Waals surface area contributed by atoms with Gasteiger partial charge in [0.15, 0.2) is 0 Å². The van der Waals surface area contributed by atoms with E-state index >= 15 is 0 Å². The molecule has 6 heteroatoms. The molecular weight excluding hydrogens is 167 g/mol. The van der Waals surface area contributed by atoms with Gasteiger partial charge in [0.1, 0.15) is 17.3 Å². The van der Waals surface area contributed by atoms with Gasteiger partial charge in [0.25, 0.3) is 0 Å². The summed E-state index contributed by atoms with van der Waals surface area (Å²) in [5, 5.41) is 17.1. The van der Waals surface area contributed by atoms with E-state index in [-0.39, 0.29) is 5.46 Å². The first-order valence-electron chi connectivity index (χ1n) is 3.13. The Morgan fingerprint density at radius 3 is 1.92 bits per heavy atom. The summed E-state index contributed by atoms with van der Waals surface area (Å²) in [5.74, 6) is -2.00. The topological polar surface area (TPSA) is 66.5 Å². The monoisotopic (exact) mass is 173 g/mol. The highest BCUT2D eigenvalue weighted by atomic mass is 19.1. The zero-order valence-electron chi connectivity index (χ0n) is 5.96. The maximum atomic E-state index is 12.6. The van der Waals surface area contributed by atoms with E-state index in [4.69, 9.17) is 15.8 Å². The van der Waals surface area contributed by atoms with Gasteiger partial charge >= 0.3 is 7.12 Å². The van der Waals surface area contributed by atoms with Crippen LogP contribution in [0.2, 0.25) is 0 Å². The van der Waals surface area contributed by atoms with Crippen LogP contribution in [0.1, 0.15) is 0 Å². The van der Waals surface area contributed by atoms with Gasteiger partial charge in [0.05, 0.1) is 0 Å². The third kappa shape index (κ3) is 1.54. The minimum atomic E-state index is -1.89. The molecule has 0 radical (unpaired) electrons. The van der Waals surface area contributed by atoms with Crippen molar-refractivity contribution < 1.29 is 18.8 Å². The first-order valence-corrected chi connectivity index (χ1v) is 3.13. The summed E-state index contributed by atoms with van der Waals surface area (Å²) in [7, 11) is -1.89. The van der Waals surface area contributed by atoms with Crippen molar-refractivity contribution in [1.82, 2.24) is 0 Å². The van der Waals surface area contributed by atoms with Crippen molar-refractivity contribution in [2.75, 3.05) is 5.73 Å². The normalized spacial score (nSPS) is 10.0. The fourth-order valence-electron chi connectivity index (χ4n) is 0.753. The molecule has 0 aliphatic heterocycles. The number of nitrogen functional groups attached to an aromatic ring is 1. The van der Waals surface area contributed by atoms with Crippen LogP contribution < -0.4 is 11.2 Å². The van der Waals surface area contributed by atoms with Crippen molar-refractivity contribution in [2.24, 2.45) is 0 Å². The smallest absolute Gasteiger partial charge is 0.423 e. The Morgan fingerprint density at radius 2 is 1.58 bits per heavy atom. The van der Waals surface area contributed by atoms with Crippen LogP contribution in [0.4, 0.5) is 14.5 Å². The van der Waals surface area contributed by atoms with E-state index in [1.807, 2.05) is 0 Å². The van der Waals surface area contributed by atoms with Crippen LogP contribution in [0.3, 0.4) is 0 Å². The molecule has 1 aromatic carbocycles. The molecule has 0 unspecified atom stereocenters. The lowest BCUT2D eigenvalue weighted by atomic mass is 9.80. The number of hydrogen-bond donors (Lipinski definition) is 3. The second-order valence-corrected chi connectivity index (χ2v) is 2.27. The Balaban J connectivity index is 3.21. The van der Waals surface area contributed by atoms with Gasteiger partial charge in [-0.3, -0.25) is 0 Å². The van der Waals surface area contributed by atoms with Crippen molar-refractivity contribution in [3.63, 3.8) is 0 Å². The summed E-state index contributed by atoms with van der Waals surface area (Å²) >= 11 is 0. The maximum absolute atomic E-state index is 12.6. The predicted octanol–water partition coefficient (Wildman–Crippen LogP) is -0.773. The molecule has 0 aliphatic carbocycles. The predicted molar refractivity (Wildman–Crippen MR) is 40.6 cm³/mol. The Hall–Kier alpha value is -1.14. The molecule has 0 heterocycles. The van der Waals surface area contributed by atoms with E-state index in [0.29, 0.717) is 0 Å². The molecule has 0 spiro atoms. The highest BCUT2D eigenvalue weighted by Crippen LogP contribution is 2.11. The van der Waals surface area contributed by atoms with Crippen molar-refractivity contribution in [3.05, 3.63) is 23.8 Å². The molecule has 0 atom stereocenters. The first-order chi connectivity index (χ1) is 5.52. The van der Waals surface area contributed by atoms with Crippen LogP contribution in [0, 0.1) is 11.6 Å². The second kappa shape index (κ2) is 3.08. The van der Waals surface area contributed by atoms with E-state index < -0.39 is 24.4 Å². The molecule has 0 aliphatic rings. The number of hydrogen-bond acceptors (Lipinski definition) is 3. The first kappa shape index (κ1) is 8.96. The Kier molecular flexibility index (Phi) is 2.30. The van der Waals surface area contributed by atoms with Gasteiger partial charge in [0.2, 0.25) is 0 Å². The maximum Gasteiger partial charge on any atom is 0.488 e. The lowest BCUT2D eigenvalue weighted by Gasteiger charge is -2.02. The average Bonchev–Trinajstić information content (AvgIpc) is 1.99. The van der Waals surface area contributed by atoms with Crippen molar-refractivity contribution in [2.45, 2.75) is 0 Å². The van der Waals surface area contributed by atoms with Crippen molar-refractivity contribution in [3.8, 4) is 0 Å². The molecule has 4 N–H and O–H groups in total. The summed E-state index contributed by atoms with van der Waals surface area (Å²) in [5.41, 5.74) is 4.05. The third-order valence-electron chi connectivity index (χ3n) is 1.40. The summed E-state index contributed by atoms with van der Waals surface area (Å²) in [6, 6.07) is 1.53. The highest BCUT2D eigenvalue weighted by molar-refractivity contribution is 6.58. The van der Waals surface area contributed by atoms with Crippen molar-refractivity contribution >= 4 is 18.3 Å². The second-order valence-electron chi connectivity index (χ2n) is 2.27. The van der Waals surface area contributed by atoms with Gasteiger partial charge in [0, 0.05) is 0 Å². The van der Waals surface area contributed by atoms with Crippen LogP contribution in [0.15, 0.2) is 12.1 Å². The fourth-order valence-corrected chi connectivity index (χ4v) is 0.753. The average molecular weight is 173 g/mol. The van der Waals surface area contributed by atoms with Gasteiger partial charge in [-0.05, 0) is 17.6 Å². The molecular formula is C6H6BF2NO2. The summed E-state index contributed by atoms with van der Waals surface area (Å²) in [4.78, 5) is 0. The van der Waals surface area contributed by atoms with Crippen LogP contribution in [0.25, 0.3) is 0 Å². The van der Waals surface area contributed by atoms with E-state index in [1.165, 1.54) is 0 Å². The molecule has 0 saturated heterocycles. The van der Waals surface area contributed by atoms with E-state index in [9.17, 15) is 8.78 Å². The molecule has 0 aromatic heterocycles. The molecule has 12 heavy (non-hydrogen) atoms. The van der Waals surface area contributed by atoms with Gasteiger partial charge in [-0.2, -0.15) is 0 Å². The molecule has 64 valence electrons. The standard InChI is InChI=1S/C6H6BF2NO2/c8-4-1-3(7(11)12)2-5(9)6(4)10/h1-2,11-12H,10H2. The number of rotatable bonds is 1. The van der Waals surface area contributed by atoms with Crippen molar-refractivity contribution in [1.29, 1.82) is 0 Å². The lowest BCUT2D eigenvalue weighted by molar-refractivity contribution is 0.425. The molecule has 1 rings (SSSR count). The Labute approximate surface area is 67.6 Å².